The van der Waals surface area contributed by atoms with Crippen molar-refractivity contribution >= 4 is 0 Å². The highest BCUT2D eigenvalue weighted by Crippen LogP contribution is 2.11. The molecule has 0 amide bonds. The van der Waals surface area contributed by atoms with Gasteiger partial charge in [0.25, 0.3) is 0 Å². The van der Waals surface area contributed by atoms with E-state index in [0.29, 0.717) is 12.0 Å². The summed E-state index contributed by atoms with van der Waals surface area (Å²) in [6, 6.07) is 6.66. The molecule has 0 N–H and O–H groups in total. The van der Waals surface area contributed by atoms with Crippen LogP contribution in [-0.2, 0) is 6.42 Å². The molecular formula is C16H20F2. The van der Waals surface area contributed by atoms with Crippen LogP contribution in [0.5, 0.6) is 0 Å². The summed E-state index contributed by atoms with van der Waals surface area (Å²) in [7, 11) is 0. The van der Waals surface area contributed by atoms with Gasteiger partial charge in [0, 0.05) is 0 Å². The lowest BCUT2D eigenvalue weighted by Crippen LogP contribution is -1.79. The summed E-state index contributed by atoms with van der Waals surface area (Å²) in [5, 5.41) is 0. The Bertz CT molecular complexity index is 417. The summed E-state index contributed by atoms with van der Waals surface area (Å²) in [6.45, 7) is 10.5. The van der Waals surface area contributed by atoms with E-state index in [1.807, 2.05) is 19.9 Å². The predicted molar refractivity (Wildman–Crippen MR) is 74.6 cm³/mol. The minimum Gasteiger partial charge on any atom is -0.207 e. The summed E-state index contributed by atoms with van der Waals surface area (Å²) < 4.78 is 24.6. The van der Waals surface area contributed by atoms with Crippen LogP contribution in [0.15, 0.2) is 61.0 Å². The third-order valence-electron chi connectivity index (χ3n) is 2.35. The van der Waals surface area contributed by atoms with Crippen LogP contribution in [0.1, 0.15) is 25.8 Å². The largest absolute Gasteiger partial charge is 0.207 e. The third-order valence-corrected chi connectivity index (χ3v) is 2.35. The van der Waals surface area contributed by atoms with Gasteiger partial charge in [-0.25, -0.2) is 8.78 Å². The van der Waals surface area contributed by atoms with E-state index in [2.05, 4.69) is 13.2 Å². The molecule has 0 aromatic heterocycles. The minimum atomic E-state index is -0.364. The molecule has 0 heterocycles. The Morgan fingerprint density at radius 2 is 2.00 bits per heavy atom. The average molecular weight is 250 g/mol. The fourth-order valence-electron chi connectivity index (χ4n) is 1.30. The predicted octanol–water partition coefficient (Wildman–Crippen LogP) is 5.38. The fourth-order valence-corrected chi connectivity index (χ4v) is 1.30. The van der Waals surface area contributed by atoms with E-state index >= 15 is 0 Å². The number of halogens is 2. The molecule has 0 bridgehead atoms. The zero-order valence-electron chi connectivity index (χ0n) is 11.0. The van der Waals surface area contributed by atoms with Gasteiger partial charge in [-0.2, -0.15) is 0 Å². The number of hydrogen-bond donors (Lipinski definition) is 0. The molecule has 0 saturated carbocycles. The summed E-state index contributed by atoms with van der Waals surface area (Å²) in [6.07, 6.45) is 4.76. The quantitative estimate of drug-likeness (QED) is 0.629. The maximum Gasteiger partial charge on any atom is 0.123 e. The third kappa shape index (κ3) is 6.79. The van der Waals surface area contributed by atoms with Gasteiger partial charge in [-0.1, -0.05) is 51.3 Å². The van der Waals surface area contributed by atoms with Crippen LogP contribution in [-0.4, -0.2) is 0 Å². The molecular weight excluding hydrogens is 230 g/mol. The second kappa shape index (κ2) is 9.34. The van der Waals surface area contributed by atoms with Gasteiger partial charge in [0.15, 0.2) is 0 Å². The van der Waals surface area contributed by atoms with E-state index < -0.39 is 0 Å². The molecule has 0 saturated heterocycles. The molecule has 0 radical (unpaired) electrons. The normalized spacial score (nSPS) is 10.3. The lowest BCUT2D eigenvalue weighted by molar-refractivity contribution is 0.625. The smallest absolute Gasteiger partial charge is 0.123 e. The van der Waals surface area contributed by atoms with E-state index in [-0.39, 0.29) is 11.6 Å². The first-order chi connectivity index (χ1) is 8.54. The monoisotopic (exact) mass is 250 g/mol. The topological polar surface area (TPSA) is 0 Å². The van der Waals surface area contributed by atoms with E-state index in [4.69, 9.17) is 0 Å². The molecule has 0 aliphatic carbocycles. The minimum absolute atomic E-state index is 0.144. The lowest BCUT2D eigenvalue weighted by atomic mass is 10.2. The van der Waals surface area contributed by atoms with E-state index in [9.17, 15) is 8.78 Å². The van der Waals surface area contributed by atoms with Crippen molar-refractivity contribution in [2.24, 2.45) is 0 Å². The van der Waals surface area contributed by atoms with Crippen molar-refractivity contribution in [1.82, 2.24) is 0 Å². The highest BCUT2D eigenvalue weighted by Gasteiger charge is 1.94. The fraction of sp³-hybridized carbons (Fsp3) is 0.250. The van der Waals surface area contributed by atoms with E-state index in [1.165, 1.54) is 6.07 Å². The summed E-state index contributed by atoms with van der Waals surface area (Å²) in [4.78, 5) is 0. The van der Waals surface area contributed by atoms with Crippen molar-refractivity contribution in [2.45, 2.75) is 26.7 Å². The molecule has 0 aliphatic heterocycles. The molecule has 1 aromatic carbocycles. The highest BCUT2D eigenvalue weighted by molar-refractivity contribution is 5.25. The number of benzene rings is 1. The molecule has 0 unspecified atom stereocenters. The van der Waals surface area contributed by atoms with Gasteiger partial charge in [-0.05, 0) is 36.1 Å². The summed E-state index contributed by atoms with van der Waals surface area (Å²) in [5.74, 6) is -0.508. The van der Waals surface area contributed by atoms with Crippen molar-refractivity contribution in [3.05, 3.63) is 72.4 Å². The van der Waals surface area contributed by atoms with Gasteiger partial charge in [-0.15, -0.1) is 0 Å². The molecule has 1 aromatic rings. The number of aryl methyl sites for hydroxylation is 1. The SMILES string of the molecule is C=C/C=C(/CC)C(=C)F.CCc1cccc(F)c1. The Morgan fingerprint density at radius 3 is 2.28 bits per heavy atom. The van der Waals surface area contributed by atoms with Crippen molar-refractivity contribution < 1.29 is 8.78 Å². The zero-order valence-corrected chi connectivity index (χ0v) is 11.0. The van der Waals surface area contributed by atoms with Crippen LogP contribution in [0.2, 0.25) is 0 Å². The first-order valence-electron chi connectivity index (χ1n) is 5.95. The van der Waals surface area contributed by atoms with E-state index in [1.54, 1.807) is 24.3 Å². The molecule has 0 nitrogen and oxygen atoms in total. The van der Waals surface area contributed by atoms with Crippen LogP contribution >= 0.6 is 0 Å². The Labute approximate surface area is 108 Å². The number of allylic oxidation sites excluding steroid dienone is 4. The second-order valence-electron chi connectivity index (χ2n) is 3.67. The summed E-state index contributed by atoms with van der Waals surface area (Å²) >= 11 is 0. The number of hydrogen-bond acceptors (Lipinski definition) is 0. The molecule has 98 valence electrons. The number of rotatable bonds is 4. The maximum absolute atomic E-state index is 12.4. The van der Waals surface area contributed by atoms with Gasteiger partial charge in [0.05, 0.1) is 0 Å². The Morgan fingerprint density at radius 1 is 1.33 bits per heavy atom. The van der Waals surface area contributed by atoms with Crippen molar-refractivity contribution in [2.75, 3.05) is 0 Å². The maximum atomic E-state index is 12.4. The van der Waals surface area contributed by atoms with Gasteiger partial charge >= 0.3 is 0 Å². The van der Waals surface area contributed by atoms with Crippen LogP contribution in [0.3, 0.4) is 0 Å². The lowest BCUT2D eigenvalue weighted by Gasteiger charge is -1.94. The van der Waals surface area contributed by atoms with Gasteiger partial charge in [0.2, 0.25) is 0 Å². The van der Waals surface area contributed by atoms with Crippen LogP contribution in [0, 0.1) is 5.82 Å². The van der Waals surface area contributed by atoms with Crippen molar-refractivity contribution in [3.8, 4) is 0 Å². The second-order valence-corrected chi connectivity index (χ2v) is 3.67. The average Bonchev–Trinajstić information content (AvgIpc) is 2.36. The molecule has 0 fully saturated rings. The van der Waals surface area contributed by atoms with Crippen molar-refractivity contribution in [1.29, 1.82) is 0 Å². The molecule has 1 rings (SSSR count). The molecule has 2 heteroatoms. The van der Waals surface area contributed by atoms with Gasteiger partial charge < -0.3 is 0 Å². The molecule has 18 heavy (non-hydrogen) atoms. The zero-order chi connectivity index (χ0) is 14.0. The summed E-state index contributed by atoms with van der Waals surface area (Å²) in [5.41, 5.74) is 1.67. The Kier molecular flexibility index (Phi) is 8.46. The van der Waals surface area contributed by atoms with Crippen LogP contribution < -0.4 is 0 Å². The molecule has 0 aliphatic rings. The Hall–Kier alpha value is -1.70. The molecule has 0 spiro atoms. The highest BCUT2D eigenvalue weighted by atomic mass is 19.1. The van der Waals surface area contributed by atoms with Crippen LogP contribution in [0.25, 0.3) is 0 Å². The van der Waals surface area contributed by atoms with Gasteiger partial charge in [-0.3, -0.25) is 0 Å². The first kappa shape index (κ1) is 16.3. The van der Waals surface area contributed by atoms with Crippen molar-refractivity contribution in [3.63, 3.8) is 0 Å². The first-order valence-corrected chi connectivity index (χ1v) is 5.95. The van der Waals surface area contributed by atoms with E-state index in [0.717, 1.165) is 12.0 Å². The van der Waals surface area contributed by atoms with Gasteiger partial charge in [0.1, 0.15) is 11.6 Å². The Balaban J connectivity index is 0.000000321. The molecule has 0 atom stereocenters. The van der Waals surface area contributed by atoms with Crippen LogP contribution in [0.4, 0.5) is 8.78 Å². The standard InChI is InChI=1S/C8H9F.C8H11F/c1-2-7-4-3-5-8(9)6-7;1-4-6-8(5-2)7(3)9/h3-6H,2H2,1H3;4,6H,1,3,5H2,2H3/b;8-6-.